The molecular formula is C11H14F3N3OS. The fourth-order valence-electron chi connectivity index (χ4n) is 1.58. The number of thiazole rings is 1. The molecule has 0 bridgehead atoms. The molecule has 1 fully saturated rings. The van der Waals surface area contributed by atoms with Gasteiger partial charge >= 0.3 is 6.18 Å². The topological polar surface area (TPSA) is 68.0 Å². The molecule has 0 saturated heterocycles. The SMILES string of the molecule is CCC(NC(=O)C1(N)CC1)c1nc(C(F)(F)F)cs1. The molecule has 2 rings (SSSR count). The van der Waals surface area contributed by atoms with E-state index in [1.165, 1.54) is 0 Å². The first-order valence-corrected chi connectivity index (χ1v) is 6.76. The summed E-state index contributed by atoms with van der Waals surface area (Å²) in [6.45, 7) is 1.77. The molecule has 0 spiro atoms. The molecule has 1 unspecified atom stereocenters. The van der Waals surface area contributed by atoms with Gasteiger partial charge in [-0.3, -0.25) is 4.79 Å². The third-order valence-corrected chi connectivity index (χ3v) is 4.02. The van der Waals surface area contributed by atoms with Crippen molar-refractivity contribution in [2.24, 2.45) is 5.73 Å². The summed E-state index contributed by atoms with van der Waals surface area (Å²) < 4.78 is 37.4. The number of alkyl halides is 3. The second kappa shape index (κ2) is 4.75. The van der Waals surface area contributed by atoms with Gasteiger partial charge in [-0.2, -0.15) is 13.2 Å². The molecule has 1 aromatic rings. The number of carbonyl (C=O) groups excluding carboxylic acids is 1. The summed E-state index contributed by atoms with van der Waals surface area (Å²) >= 11 is 0.895. The highest BCUT2D eigenvalue weighted by molar-refractivity contribution is 7.09. The Hall–Kier alpha value is -1.15. The van der Waals surface area contributed by atoms with Gasteiger partial charge in [0.25, 0.3) is 0 Å². The summed E-state index contributed by atoms with van der Waals surface area (Å²) in [6.07, 6.45) is -2.77. The summed E-state index contributed by atoms with van der Waals surface area (Å²) in [7, 11) is 0. The van der Waals surface area contributed by atoms with Gasteiger partial charge < -0.3 is 11.1 Å². The van der Waals surface area contributed by atoms with E-state index in [0.717, 1.165) is 16.7 Å². The zero-order chi connectivity index (χ0) is 14.3. The van der Waals surface area contributed by atoms with Crippen LogP contribution in [0.2, 0.25) is 0 Å². The molecule has 1 heterocycles. The van der Waals surface area contributed by atoms with E-state index in [-0.39, 0.29) is 10.9 Å². The minimum absolute atomic E-state index is 0.257. The van der Waals surface area contributed by atoms with Gasteiger partial charge in [-0.15, -0.1) is 11.3 Å². The molecular weight excluding hydrogens is 279 g/mol. The van der Waals surface area contributed by atoms with Crippen molar-refractivity contribution in [3.8, 4) is 0 Å². The fraction of sp³-hybridized carbons (Fsp3) is 0.636. The molecule has 0 aliphatic heterocycles. The first kappa shape index (κ1) is 14.3. The maximum absolute atomic E-state index is 12.5. The van der Waals surface area contributed by atoms with E-state index in [9.17, 15) is 18.0 Å². The number of aromatic nitrogens is 1. The molecule has 106 valence electrons. The van der Waals surface area contributed by atoms with E-state index in [0.29, 0.717) is 19.3 Å². The van der Waals surface area contributed by atoms with E-state index in [4.69, 9.17) is 5.73 Å². The molecule has 3 N–H and O–H groups in total. The molecule has 1 saturated carbocycles. The largest absolute Gasteiger partial charge is 0.434 e. The Morgan fingerprint density at radius 1 is 1.63 bits per heavy atom. The number of carbonyl (C=O) groups is 1. The molecule has 8 heteroatoms. The number of hydrogen-bond donors (Lipinski definition) is 2. The highest BCUT2D eigenvalue weighted by Crippen LogP contribution is 2.35. The van der Waals surface area contributed by atoms with Gasteiger partial charge in [0, 0.05) is 5.38 Å². The Morgan fingerprint density at radius 2 is 2.26 bits per heavy atom. The Bertz CT molecular complexity index is 482. The van der Waals surface area contributed by atoms with E-state index < -0.39 is 23.5 Å². The highest BCUT2D eigenvalue weighted by atomic mass is 32.1. The van der Waals surface area contributed by atoms with Crippen LogP contribution in [0.3, 0.4) is 0 Å². The zero-order valence-electron chi connectivity index (χ0n) is 10.3. The van der Waals surface area contributed by atoms with E-state index in [1.807, 2.05) is 0 Å². The van der Waals surface area contributed by atoms with Crippen molar-refractivity contribution in [1.82, 2.24) is 10.3 Å². The van der Waals surface area contributed by atoms with Gasteiger partial charge in [-0.25, -0.2) is 4.98 Å². The fourth-order valence-corrected chi connectivity index (χ4v) is 2.54. The maximum Gasteiger partial charge on any atom is 0.434 e. The third kappa shape index (κ3) is 3.06. The van der Waals surface area contributed by atoms with Crippen LogP contribution in [0, 0.1) is 0 Å². The van der Waals surface area contributed by atoms with Crippen LogP contribution >= 0.6 is 11.3 Å². The normalized spacial score (nSPS) is 19.0. The number of nitrogens with zero attached hydrogens (tertiary/aromatic N) is 1. The molecule has 0 aromatic carbocycles. The monoisotopic (exact) mass is 293 g/mol. The van der Waals surface area contributed by atoms with Crippen LogP contribution in [0.1, 0.15) is 42.9 Å². The second-order valence-electron chi connectivity index (χ2n) is 4.66. The Labute approximate surface area is 112 Å². The van der Waals surface area contributed by atoms with E-state index in [1.54, 1.807) is 6.92 Å². The molecule has 1 atom stereocenters. The number of nitrogens with two attached hydrogens (primary N) is 1. The van der Waals surface area contributed by atoms with Gasteiger partial charge in [0.1, 0.15) is 5.01 Å². The smallest absolute Gasteiger partial charge is 0.345 e. The van der Waals surface area contributed by atoms with Gasteiger partial charge in [0.05, 0.1) is 11.6 Å². The molecule has 19 heavy (non-hydrogen) atoms. The molecule has 1 aliphatic carbocycles. The number of amides is 1. The average Bonchev–Trinajstić information content (AvgIpc) is 2.90. The van der Waals surface area contributed by atoms with Crippen molar-refractivity contribution < 1.29 is 18.0 Å². The lowest BCUT2D eigenvalue weighted by molar-refractivity contribution is -0.140. The average molecular weight is 293 g/mol. The maximum atomic E-state index is 12.5. The summed E-state index contributed by atoms with van der Waals surface area (Å²) in [4.78, 5) is 15.3. The van der Waals surface area contributed by atoms with Crippen molar-refractivity contribution >= 4 is 17.2 Å². The van der Waals surface area contributed by atoms with Gasteiger partial charge in [-0.1, -0.05) is 6.92 Å². The third-order valence-electron chi connectivity index (χ3n) is 3.06. The van der Waals surface area contributed by atoms with Crippen LogP contribution in [-0.4, -0.2) is 16.4 Å². The molecule has 4 nitrogen and oxygen atoms in total. The predicted octanol–water partition coefficient (Wildman–Crippen LogP) is 2.22. The molecule has 1 aliphatic rings. The van der Waals surface area contributed by atoms with E-state index in [2.05, 4.69) is 10.3 Å². The Kier molecular flexibility index (Phi) is 3.57. The summed E-state index contributed by atoms with van der Waals surface area (Å²) in [5.74, 6) is -0.317. The number of halogens is 3. The van der Waals surface area contributed by atoms with E-state index >= 15 is 0 Å². The number of hydrogen-bond acceptors (Lipinski definition) is 4. The van der Waals surface area contributed by atoms with Crippen LogP contribution in [0.15, 0.2) is 5.38 Å². The van der Waals surface area contributed by atoms with Crippen LogP contribution in [0.4, 0.5) is 13.2 Å². The predicted molar refractivity (Wildman–Crippen MR) is 64.4 cm³/mol. The summed E-state index contributed by atoms with van der Waals surface area (Å²) in [5.41, 5.74) is 3.98. The lowest BCUT2D eigenvalue weighted by Crippen LogP contribution is -2.44. The standard InChI is InChI=1S/C11H14F3N3OS/c1-2-6(16-9(18)10(15)3-4-10)8-17-7(5-19-8)11(12,13)14/h5-6H,2-4,15H2,1H3,(H,16,18). The van der Waals surface area contributed by atoms with Gasteiger partial charge in [0.2, 0.25) is 5.91 Å². The Balaban J connectivity index is 2.09. The number of nitrogens with one attached hydrogen (secondary N) is 1. The van der Waals surface area contributed by atoms with Crippen molar-refractivity contribution in [2.45, 2.75) is 43.9 Å². The van der Waals surface area contributed by atoms with Crippen molar-refractivity contribution in [3.63, 3.8) is 0 Å². The van der Waals surface area contributed by atoms with Crippen LogP contribution in [0.25, 0.3) is 0 Å². The molecule has 1 aromatic heterocycles. The second-order valence-corrected chi connectivity index (χ2v) is 5.55. The number of rotatable bonds is 4. The first-order valence-electron chi connectivity index (χ1n) is 5.89. The highest BCUT2D eigenvalue weighted by Gasteiger charge is 2.46. The lowest BCUT2D eigenvalue weighted by Gasteiger charge is -2.17. The first-order chi connectivity index (χ1) is 8.76. The molecule has 1 amide bonds. The molecule has 0 radical (unpaired) electrons. The van der Waals surface area contributed by atoms with Crippen LogP contribution in [0.5, 0.6) is 0 Å². The Morgan fingerprint density at radius 3 is 2.68 bits per heavy atom. The summed E-state index contributed by atoms with van der Waals surface area (Å²) in [5, 5.41) is 3.88. The van der Waals surface area contributed by atoms with Crippen molar-refractivity contribution in [1.29, 1.82) is 0 Å². The summed E-state index contributed by atoms with van der Waals surface area (Å²) in [6, 6.07) is -0.519. The van der Waals surface area contributed by atoms with Gasteiger partial charge in [-0.05, 0) is 19.3 Å². The van der Waals surface area contributed by atoms with Gasteiger partial charge in [0.15, 0.2) is 5.69 Å². The quantitative estimate of drug-likeness (QED) is 0.894. The van der Waals surface area contributed by atoms with Crippen LogP contribution in [-0.2, 0) is 11.0 Å². The zero-order valence-corrected chi connectivity index (χ0v) is 11.1. The van der Waals surface area contributed by atoms with Crippen molar-refractivity contribution in [2.75, 3.05) is 0 Å². The lowest BCUT2D eigenvalue weighted by atomic mass is 10.2. The minimum atomic E-state index is -4.46. The van der Waals surface area contributed by atoms with Crippen molar-refractivity contribution in [3.05, 3.63) is 16.1 Å². The minimum Gasteiger partial charge on any atom is -0.345 e. The van der Waals surface area contributed by atoms with Crippen LogP contribution < -0.4 is 11.1 Å².